The Hall–Kier alpha value is -0.600. The SMILES string of the molecule is CC(C)CCC[C@@H](C)[C@H]1CC[C@H]2/C(=C/C=C3/C[C@H](O)CC[C@H]3CO)CCC[C@]12C. The molecule has 0 aromatic rings. The molecule has 0 bridgehead atoms. The fourth-order valence-electron chi connectivity index (χ4n) is 7.01. The average molecular weight is 403 g/mol. The molecule has 3 saturated carbocycles. The fraction of sp³-hybridized carbons (Fsp3) is 0.852. The Bertz CT molecular complexity index is 589. The highest BCUT2D eigenvalue weighted by Gasteiger charge is 2.50. The van der Waals surface area contributed by atoms with E-state index in [4.69, 9.17) is 0 Å². The number of allylic oxidation sites excluding steroid dienone is 3. The average Bonchev–Trinajstić information content (AvgIpc) is 3.03. The van der Waals surface area contributed by atoms with Gasteiger partial charge in [0.05, 0.1) is 6.10 Å². The maximum atomic E-state index is 10.1. The van der Waals surface area contributed by atoms with E-state index in [0.29, 0.717) is 5.41 Å². The van der Waals surface area contributed by atoms with Crippen molar-refractivity contribution in [3.05, 3.63) is 23.3 Å². The lowest BCUT2D eigenvalue weighted by Crippen LogP contribution is -2.36. The molecule has 0 spiro atoms. The molecule has 0 amide bonds. The maximum absolute atomic E-state index is 10.1. The molecule has 3 fully saturated rings. The Balaban J connectivity index is 1.70. The van der Waals surface area contributed by atoms with Crippen molar-refractivity contribution in [2.75, 3.05) is 6.61 Å². The van der Waals surface area contributed by atoms with Crippen LogP contribution in [0.2, 0.25) is 0 Å². The molecular formula is C27H46O2. The molecule has 2 heteroatoms. The molecule has 3 aliphatic carbocycles. The lowest BCUT2D eigenvalue weighted by atomic mass is 9.60. The summed E-state index contributed by atoms with van der Waals surface area (Å²) in [6, 6.07) is 0. The Morgan fingerprint density at radius 2 is 1.79 bits per heavy atom. The van der Waals surface area contributed by atoms with Crippen LogP contribution in [0.3, 0.4) is 0 Å². The largest absolute Gasteiger partial charge is 0.396 e. The smallest absolute Gasteiger partial charge is 0.0577 e. The third-order valence-corrected chi connectivity index (χ3v) is 8.74. The number of rotatable bonds is 7. The van der Waals surface area contributed by atoms with Crippen molar-refractivity contribution in [1.82, 2.24) is 0 Å². The molecular weight excluding hydrogens is 356 g/mol. The minimum atomic E-state index is -0.221. The Kier molecular flexibility index (Phi) is 8.07. The van der Waals surface area contributed by atoms with Crippen LogP contribution >= 0.6 is 0 Å². The summed E-state index contributed by atoms with van der Waals surface area (Å²) in [6.45, 7) is 10.0. The van der Waals surface area contributed by atoms with E-state index in [-0.39, 0.29) is 18.6 Å². The van der Waals surface area contributed by atoms with Crippen LogP contribution in [0.5, 0.6) is 0 Å². The second-order valence-electron chi connectivity index (χ2n) is 11.2. The second-order valence-corrected chi connectivity index (χ2v) is 11.2. The molecule has 29 heavy (non-hydrogen) atoms. The number of fused-ring (bicyclic) bond motifs is 1. The molecule has 0 aromatic heterocycles. The van der Waals surface area contributed by atoms with Crippen LogP contribution in [0.1, 0.15) is 98.3 Å². The first-order valence-corrected chi connectivity index (χ1v) is 12.5. The van der Waals surface area contributed by atoms with E-state index in [1.165, 1.54) is 56.9 Å². The lowest BCUT2D eigenvalue weighted by Gasteiger charge is -2.44. The summed E-state index contributed by atoms with van der Waals surface area (Å²) in [6.07, 6.45) is 17.8. The third-order valence-electron chi connectivity index (χ3n) is 8.74. The summed E-state index contributed by atoms with van der Waals surface area (Å²) in [5.74, 6) is 3.54. The van der Waals surface area contributed by atoms with Crippen molar-refractivity contribution < 1.29 is 10.2 Å². The normalized spacial score (nSPS) is 39.3. The summed E-state index contributed by atoms with van der Waals surface area (Å²) in [5.41, 5.74) is 3.39. The van der Waals surface area contributed by atoms with E-state index in [1.807, 2.05) is 0 Å². The maximum Gasteiger partial charge on any atom is 0.0577 e. The third kappa shape index (κ3) is 5.37. The van der Waals surface area contributed by atoms with E-state index in [2.05, 4.69) is 39.8 Å². The summed E-state index contributed by atoms with van der Waals surface area (Å²) < 4.78 is 0. The summed E-state index contributed by atoms with van der Waals surface area (Å²) in [5, 5.41) is 19.8. The van der Waals surface area contributed by atoms with Crippen molar-refractivity contribution in [3.8, 4) is 0 Å². The van der Waals surface area contributed by atoms with Crippen LogP contribution in [-0.4, -0.2) is 22.9 Å². The number of aliphatic hydroxyl groups excluding tert-OH is 2. The standard InChI is InChI=1S/C27H46O2/c1-19(2)7-5-8-20(3)25-14-15-26-21(9-6-16-27(25,26)4)10-11-22-17-24(29)13-12-23(22)18-28/h10-11,19-20,23-26,28-29H,5-9,12-18H2,1-4H3/b21-10+,22-11-/t20-,23+,24-,25-,26+,27-/m1/s1. The topological polar surface area (TPSA) is 40.5 Å². The molecule has 2 N–H and O–H groups in total. The van der Waals surface area contributed by atoms with Crippen molar-refractivity contribution >= 4 is 0 Å². The summed E-state index contributed by atoms with van der Waals surface area (Å²) >= 11 is 0. The van der Waals surface area contributed by atoms with E-state index in [1.54, 1.807) is 5.57 Å². The van der Waals surface area contributed by atoms with Crippen LogP contribution in [0.25, 0.3) is 0 Å². The van der Waals surface area contributed by atoms with Crippen molar-refractivity contribution in [2.45, 2.75) is 104 Å². The Morgan fingerprint density at radius 3 is 2.52 bits per heavy atom. The first-order valence-electron chi connectivity index (χ1n) is 12.5. The zero-order chi connectivity index (χ0) is 21.0. The predicted molar refractivity (Wildman–Crippen MR) is 123 cm³/mol. The zero-order valence-corrected chi connectivity index (χ0v) is 19.5. The monoisotopic (exact) mass is 402 g/mol. The molecule has 0 aliphatic heterocycles. The van der Waals surface area contributed by atoms with Crippen molar-refractivity contribution in [3.63, 3.8) is 0 Å². The van der Waals surface area contributed by atoms with Gasteiger partial charge < -0.3 is 10.2 Å². The van der Waals surface area contributed by atoms with E-state index in [0.717, 1.165) is 42.9 Å². The van der Waals surface area contributed by atoms with Gasteiger partial charge in [-0.1, -0.05) is 70.3 Å². The van der Waals surface area contributed by atoms with E-state index < -0.39 is 0 Å². The van der Waals surface area contributed by atoms with Crippen LogP contribution in [0.4, 0.5) is 0 Å². The highest BCUT2D eigenvalue weighted by molar-refractivity contribution is 5.27. The quantitative estimate of drug-likeness (QED) is 0.499. The molecule has 2 nitrogen and oxygen atoms in total. The van der Waals surface area contributed by atoms with Gasteiger partial charge in [0.15, 0.2) is 0 Å². The van der Waals surface area contributed by atoms with Gasteiger partial charge in [0.25, 0.3) is 0 Å². The highest BCUT2D eigenvalue weighted by atomic mass is 16.3. The van der Waals surface area contributed by atoms with Gasteiger partial charge in [0, 0.05) is 12.5 Å². The van der Waals surface area contributed by atoms with Gasteiger partial charge in [-0.3, -0.25) is 0 Å². The molecule has 0 saturated heterocycles. The van der Waals surface area contributed by atoms with Crippen LogP contribution in [0, 0.1) is 35.0 Å². The van der Waals surface area contributed by atoms with Gasteiger partial charge in [0.2, 0.25) is 0 Å². The van der Waals surface area contributed by atoms with E-state index in [9.17, 15) is 10.2 Å². The number of hydrogen-bond donors (Lipinski definition) is 2. The first-order chi connectivity index (χ1) is 13.8. The van der Waals surface area contributed by atoms with Crippen LogP contribution < -0.4 is 0 Å². The van der Waals surface area contributed by atoms with E-state index >= 15 is 0 Å². The van der Waals surface area contributed by atoms with Gasteiger partial charge in [0.1, 0.15) is 0 Å². The minimum Gasteiger partial charge on any atom is -0.396 e. The minimum absolute atomic E-state index is 0.221. The predicted octanol–water partition coefficient (Wildman–Crippen LogP) is 6.67. The molecule has 6 atom stereocenters. The molecule has 0 radical (unpaired) electrons. The van der Waals surface area contributed by atoms with Gasteiger partial charge in [-0.25, -0.2) is 0 Å². The zero-order valence-electron chi connectivity index (χ0n) is 19.5. The molecule has 3 rings (SSSR count). The number of hydrogen-bond acceptors (Lipinski definition) is 2. The fourth-order valence-corrected chi connectivity index (χ4v) is 7.01. The number of aliphatic hydroxyl groups is 2. The first kappa shape index (κ1) is 23.1. The van der Waals surface area contributed by atoms with Gasteiger partial charge in [-0.2, -0.15) is 0 Å². The van der Waals surface area contributed by atoms with Gasteiger partial charge in [-0.05, 0) is 80.5 Å². The second kappa shape index (κ2) is 10.1. The van der Waals surface area contributed by atoms with Crippen molar-refractivity contribution in [2.24, 2.45) is 35.0 Å². The molecule has 166 valence electrons. The summed E-state index contributed by atoms with van der Waals surface area (Å²) in [7, 11) is 0. The molecule has 3 aliphatic rings. The Morgan fingerprint density at radius 1 is 1.03 bits per heavy atom. The lowest BCUT2D eigenvalue weighted by molar-refractivity contribution is 0.0928. The van der Waals surface area contributed by atoms with Crippen molar-refractivity contribution in [1.29, 1.82) is 0 Å². The summed E-state index contributed by atoms with van der Waals surface area (Å²) in [4.78, 5) is 0. The Labute approximate surface area is 179 Å². The van der Waals surface area contributed by atoms with Crippen LogP contribution in [-0.2, 0) is 0 Å². The highest BCUT2D eigenvalue weighted by Crippen LogP contribution is 2.59. The molecule has 0 unspecified atom stereocenters. The van der Waals surface area contributed by atoms with Gasteiger partial charge >= 0.3 is 0 Å². The van der Waals surface area contributed by atoms with Crippen LogP contribution in [0.15, 0.2) is 23.3 Å². The molecule has 0 heterocycles. The van der Waals surface area contributed by atoms with Gasteiger partial charge in [-0.15, -0.1) is 0 Å². The molecule has 0 aromatic carbocycles.